The first-order valence-corrected chi connectivity index (χ1v) is 13.8. The second-order valence-corrected chi connectivity index (χ2v) is 9.95. The van der Waals surface area contributed by atoms with Crippen LogP contribution < -0.4 is 20.1 Å². The van der Waals surface area contributed by atoms with Crippen molar-refractivity contribution < 1.29 is 9.47 Å². The Morgan fingerprint density at radius 1 is 0.825 bits per heavy atom. The zero-order valence-electron chi connectivity index (χ0n) is 22.7. The first-order valence-electron chi connectivity index (χ1n) is 13.8. The van der Waals surface area contributed by atoms with Crippen LogP contribution >= 0.6 is 0 Å². The fraction of sp³-hybridized carbons (Fsp3) is 0.250. The maximum Gasteiger partial charge on any atom is 0.247 e. The fourth-order valence-electron chi connectivity index (χ4n) is 5.01. The Hall–Kier alpha value is -4.56. The molecule has 0 spiro atoms. The molecule has 5 aromatic rings. The van der Waals surface area contributed by atoms with Gasteiger partial charge in [0.25, 0.3) is 0 Å². The zero-order chi connectivity index (χ0) is 27.1. The van der Waals surface area contributed by atoms with Gasteiger partial charge in [-0.15, -0.1) is 5.10 Å². The van der Waals surface area contributed by atoms with Gasteiger partial charge in [0.1, 0.15) is 18.1 Å². The number of hydrogen-bond donors (Lipinski definition) is 2. The summed E-state index contributed by atoms with van der Waals surface area (Å²) in [7, 11) is 1.68. The third-order valence-electron chi connectivity index (χ3n) is 7.13. The summed E-state index contributed by atoms with van der Waals surface area (Å²) in [6.45, 7) is 4.76. The lowest BCUT2D eigenvalue weighted by Crippen LogP contribution is -2.25. The van der Waals surface area contributed by atoms with Crippen LogP contribution in [-0.2, 0) is 6.54 Å². The summed E-state index contributed by atoms with van der Waals surface area (Å²) in [6.07, 6.45) is 2.60. The van der Waals surface area contributed by atoms with Gasteiger partial charge in [-0.1, -0.05) is 30.3 Å². The van der Waals surface area contributed by atoms with E-state index in [1.165, 1.54) is 25.9 Å². The topological polar surface area (TPSA) is 75.9 Å². The number of likely N-dealkylation sites (tertiary alicyclic amines) is 1. The van der Waals surface area contributed by atoms with E-state index >= 15 is 0 Å². The second-order valence-electron chi connectivity index (χ2n) is 9.95. The Labute approximate surface area is 234 Å². The molecule has 40 heavy (non-hydrogen) atoms. The molecule has 2 N–H and O–H groups in total. The summed E-state index contributed by atoms with van der Waals surface area (Å²) in [5, 5.41) is 11.6. The molecular formula is C32H34N6O2. The smallest absolute Gasteiger partial charge is 0.247 e. The van der Waals surface area contributed by atoms with Crippen LogP contribution in [0.1, 0.15) is 18.4 Å². The number of hydrogen-bond acceptors (Lipinski definition) is 7. The lowest BCUT2D eigenvalue weighted by Gasteiger charge is -2.15. The zero-order valence-corrected chi connectivity index (χ0v) is 22.7. The summed E-state index contributed by atoms with van der Waals surface area (Å²) < 4.78 is 13.2. The molecule has 2 aromatic heterocycles. The number of benzene rings is 3. The van der Waals surface area contributed by atoms with E-state index < -0.39 is 0 Å². The highest BCUT2D eigenvalue weighted by Crippen LogP contribution is 2.26. The van der Waals surface area contributed by atoms with Crippen molar-refractivity contribution in [3.63, 3.8) is 0 Å². The first-order chi connectivity index (χ1) is 19.7. The number of anilines is 3. The van der Waals surface area contributed by atoms with Crippen LogP contribution in [0.5, 0.6) is 11.5 Å². The maximum absolute atomic E-state index is 5.93. The van der Waals surface area contributed by atoms with E-state index in [0.717, 1.165) is 51.9 Å². The van der Waals surface area contributed by atoms with E-state index in [4.69, 9.17) is 19.6 Å². The minimum absolute atomic E-state index is 0.544. The Morgan fingerprint density at radius 3 is 2.50 bits per heavy atom. The molecule has 8 heteroatoms. The second kappa shape index (κ2) is 12.1. The van der Waals surface area contributed by atoms with Crippen molar-refractivity contribution in [1.82, 2.24) is 19.5 Å². The van der Waals surface area contributed by atoms with Crippen LogP contribution in [0.25, 0.3) is 16.9 Å². The monoisotopic (exact) mass is 534 g/mol. The lowest BCUT2D eigenvalue weighted by atomic mass is 10.1. The molecule has 1 fully saturated rings. The summed E-state index contributed by atoms with van der Waals surface area (Å²) in [4.78, 5) is 7.15. The molecule has 0 radical (unpaired) electrons. The molecule has 3 heterocycles. The molecule has 3 aromatic carbocycles. The molecule has 0 unspecified atom stereocenters. The minimum atomic E-state index is 0.544. The van der Waals surface area contributed by atoms with Crippen molar-refractivity contribution in [1.29, 1.82) is 0 Å². The van der Waals surface area contributed by atoms with Gasteiger partial charge < -0.3 is 20.1 Å². The molecule has 204 valence electrons. The molecule has 0 bridgehead atoms. The Morgan fingerprint density at radius 2 is 1.65 bits per heavy atom. The van der Waals surface area contributed by atoms with E-state index in [2.05, 4.69) is 45.9 Å². The lowest BCUT2D eigenvalue weighted by molar-refractivity contribution is 0.238. The molecule has 0 aliphatic carbocycles. The van der Waals surface area contributed by atoms with E-state index in [1.54, 1.807) is 7.11 Å². The highest BCUT2D eigenvalue weighted by atomic mass is 16.5. The molecule has 8 nitrogen and oxygen atoms in total. The molecule has 0 saturated carbocycles. The number of fused-ring (bicyclic) bond motifs is 1. The van der Waals surface area contributed by atoms with Gasteiger partial charge in [0.15, 0.2) is 5.65 Å². The molecule has 1 aliphatic rings. The average molecular weight is 535 g/mol. The van der Waals surface area contributed by atoms with E-state index in [0.29, 0.717) is 19.1 Å². The summed E-state index contributed by atoms with van der Waals surface area (Å²) in [5.41, 5.74) is 5.88. The Kier molecular flexibility index (Phi) is 7.77. The van der Waals surface area contributed by atoms with Gasteiger partial charge in [0, 0.05) is 30.0 Å². The SMILES string of the molecule is COc1cccc(CNc2cccc(-c3cccc4nc(Nc5ccc(OCCN6CCCC6)cc5)nn34)c2)c1. The number of nitrogens with one attached hydrogen (secondary N) is 2. The van der Waals surface area contributed by atoms with Crippen LogP contribution in [0, 0.1) is 0 Å². The normalized spacial score (nSPS) is 13.4. The van der Waals surface area contributed by atoms with Crippen molar-refractivity contribution in [2.45, 2.75) is 19.4 Å². The molecular weight excluding hydrogens is 500 g/mol. The predicted octanol–water partition coefficient (Wildman–Crippen LogP) is 6.24. The minimum Gasteiger partial charge on any atom is -0.497 e. The fourth-order valence-corrected chi connectivity index (χ4v) is 5.01. The number of methoxy groups -OCH3 is 1. The van der Waals surface area contributed by atoms with Gasteiger partial charge in [-0.25, -0.2) is 4.52 Å². The summed E-state index contributed by atoms with van der Waals surface area (Å²) in [5.74, 6) is 2.27. The number of ether oxygens (including phenoxy) is 2. The molecule has 1 saturated heterocycles. The van der Waals surface area contributed by atoms with Crippen LogP contribution in [0.15, 0.2) is 91.0 Å². The first kappa shape index (κ1) is 25.7. The molecule has 6 rings (SSSR count). The van der Waals surface area contributed by atoms with Crippen molar-refractivity contribution >= 4 is 23.0 Å². The van der Waals surface area contributed by atoms with Crippen molar-refractivity contribution in [3.05, 3.63) is 96.6 Å². The quantitative estimate of drug-likeness (QED) is 0.208. The maximum atomic E-state index is 5.93. The van der Waals surface area contributed by atoms with Gasteiger partial charge in [-0.3, -0.25) is 4.90 Å². The third kappa shape index (κ3) is 6.18. The molecule has 0 amide bonds. The van der Waals surface area contributed by atoms with Crippen molar-refractivity contribution in [3.8, 4) is 22.8 Å². The van der Waals surface area contributed by atoms with Crippen LogP contribution in [0.4, 0.5) is 17.3 Å². The standard InChI is InChI=1S/C32H34N6O2/c1-39-29-10-4-7-24(21-29)23-33-27-9-5-8-25(22-27)30-11-6-12-31-35-32(36-38(30)31)34-26-13-15-28(16-14-26)40-20-19-37-17-2-3-18-37/h4-16,21-22,33H,2-3,17-20,23H2,1H3,(H,34,36). The third-order valence-corrected chi connectivity index (χ3v) is 7.13. The van der Waals surface area contributed by atoms with Crippen LogP contribution in [0.2, 0.25) is 0 Å². The average Bonchev–Trinajstić information content (AvgIpc) is 3.67. The Balaban J connectivity index is 1.12. The summed E-state index contributed by atoms with van der Waals surface area (Å²) >= 11 is 0. The Bertz CT molecular complexity index is 1560. The molecule has 0 atom stereocenters. The van der Waals surface area contributed by atoms with Crippen LogP contribution in [0.3, 0.4) is 0 Å². The van der Waals surface area contributed by atoms with E-state index in [-0.39, 0.29) is 0 Å². The van der Waals surface area contributed by atoms with Crippen LogP contribution in [-0.4, -0.2) is 52.8 Å². The predicted molar refractivity (Wildman–Crippen MR) is 160 cm³/mol. The van der Waals surface area contributed by atoms with E-state index in [1.807, 2.05) is 65.2 Å². The number of nitrogens with zero attached hydrogens (tertiary/aromatic N) is 4. The number of rotatable bonds is 11. The van der Waals surface area contributed by atoms with Crippen molar-refractivity contribution in [2.24, 2.45) is 0 Å². The van der Waals surface area contributed by atoms with E-state index in [9.17, 15) is 0 Å². The largest absolute Gasteiger partial charge is 0.497 e. The number of aromatic nitrogens is 3. The van der Waals surface area contributed by atoms with Crippen molar-refractivity contribution in [2.75, 3.05) is 44.0 Å². The summed E-state index contributed by atoms with van der Waals surface area (Å²) in [6, 6.07) is 30.4. The van der Waals surface area contributed by atoms with Gasteiger partial charge in [0.2, 0.25) is 5.95 Å². The van der Waals surface area contributed by atoms with Gasteiger partial charge in [0.05, 0.1) is 12.8 Å². The molecule has 1 aliphatic heterocycles. The highest BCUT2D eigenvalue weighted by molar-refractivity contribution is 5.68. The van der Waals surface area contributed by atoms with Gasteiger partial charge >= 0.3 is 0 Å². The van der Waals surface area contributed by atoms with Gasteiger partial charge in [-0.2, -0.15) is 4.98 Å². The number of pyridine rings is 1. The highest BCUT2D eigenvalue weighted by Gasteiger charge is 2.12. The van der Waals surface area contributed by atoms with Gasteiger partial charge in [-0.05, 0) is 92.2 Å².